The first kappa shape index (κ1) is 11.0. The SMILES string of the molecule is CCC1(CC)C(=O)N[C@H]1OCC(=O)O. The van der Waals surface area contributed by atoms with E-state index in [0.717, 1.165) is 0 Å². The number of carbonyl (C=O) groups excluding carboxylic acids is 1. The lowest BCUT2D eigenvalue weighted by atomic mass is 9.73. The van der Waals surface area contributed by atoms with E-state index in [0.29, 0.717) is 12.8 Å². The topological polar surface area (TPSA) is 75.6 Å². The van der Waals surface area contributed by atoms with Crippen LogP contribution in [0.5, 0.6) is 0 Å². The Morgan fingerprint density at radius 2 is 2.14 bits per heavy atom. The molecule has 5 nitrogen and oxygen atoms in total. The number of rotatable bonds is 5. The van der Waals surface area contributed by atoms with Gasteiger partial charge in [-0.3, -0.25) is 4.79 Å². The van der Waals surface area contributed by atoms with Gasteiger partial charge in [-0.05, 0) is 12.8 Å². The molecule has 0 bridgehead atoms. The van der Waals surface area contributed by atoms with Crippen molar-refractivity contribution < 1.29 is 19.4 Å². The molecule has 0 radical (unpaired) electrons. The normalized spacial score (nSPS) is 23.9. The quantitative estimate of drug-likeness (QED) is 0.629. The number of hydrogen-bond donors (Lipinski definition) is 2. The third-order valence-electron chi connectivity index (χ3n) is 2.85. The summed E-state index contributed by atoms with van der Waals surface area (Å²) >= 11 is 0. The van der Waals surface area contributed by atoms with Gasteiger partial charge >= 0.3 is 5.97 Å². The number of ether oxygens (including phenoxy) is 1. The third-order valence-corrected chi connectivity index (χ3v) is 2.85. The van der Waals surface area contributed by atoms with Crippen molar-refractivity contribution in [1.82, 2.24) is 5.32 Å². The van der Waals surface area contributed by atoms with Crippen molar-refractivity contribution in [3.05, 3.63) is 0 Å². The average Bonchev–Trinajstić information content (AvgIpc) is 2.14. The lowest BCUT2D eigenvalue weighted by Gasteiger charge is -2.46. The van der Waals surface area contributed by atoms with E-state index in [1.54, 1.807) is 0 Å². The van der Waals surface area contributed by atoms with Gasteiger partial charge in [0.05, 0.1) is 5.41 Å². The smallest absolute Gasteiger partial charge is 0.329 e. The molecule has 1 saturated heterocycles. The molecule has 1 aliphatic heterocycles. The summed E-state index contributed by atoms with van der Waals surface area (Å²) in [7, 11) is 0. The molecule has 1 rings (SSSR count). The monoisotopic (exact) mass is 201 g/mol. The minimum atomic E-state index is -1.02. The molecule has 14 heavy (non-hydrogen) atoms. The molecule has 80 valence electrons. The molecule has 0 unspecified atom stereocenters. The molecule has 0 aromatic heterocycles. The Balaban J connectivity index is 2.55. The summed E-state index contributed by atoms with van der Waals surface area (Å²) in [6, 6.07) is 0. The highest BCUT2D eigenvalue weighted by atomic mass is 16.5. The first-order valence-corrected chi connectivity index (χ1v) is 4.71. The van der Waals surface area contributed by atoms with Crippen molar-refractivity contribution in [1.29, 1.82) is 0 Å². The van der Waals surface area contributed by atoms with E-state index in [4.69, 9.17) is 9.84 Å². The zero-order chi connectivity index (χ0) is 10.8. The Kier molecular flexibility index (Phi) is 3.10. The molecule has 1 aliphatic rings. The Bertz CT molecular complexity index is 247. The predicted molar refractivity (Wildman–Crippen MR) is 48.5 cm³/mol. The first-order chi connectivity index (χ1) is 6.56. The molecule has 1 atom stereocenters. The Morgan fingerprint density at radius 3 is 2.50 bits per heavy atom. The fraction of sp³-hybridized carbons (Fsp3) is 0.778. The molecule has 5 heteroatoms. The maximum Gasteiger partial charge on any atom is 0.329 e. The molecule has 0 saturated carbocycles. The summed E-state index contributed by atoms with van der Waals surface area (Å²) in [5.41, 5.74) is -0.518. The van der Waals surface area contributed by atoms with Gasteiger partial charge in [-0.2, -0.15) is 0 Å². The lowest BCUT2D eigenvalue weighted by molar-refractivity contribution is -0.181. The van der Waals surface area contributed by atoms with Gasteiger partial charge in [0.1, 0.15) is 12.8 Å². The van der Waals surface area contributed by atoms with E-state index in [1.165, 1.54) is 0 Å². The van der Waals surface area contributed by atoms with E-state index in [-0.39, 0.29) is 12.5 Å². The highest BCUT2D eigenvalue weighted by Gasteiger charge is 2.53. The Morgan fingerprint density at radius 1 is 1.57 bits per heavy atom. The molecule has 0 spiro atoms. The van der Waals surface area contributed by atoms with Gasteiger partial charge in [-0.25, -0.2) is 4.79 Å². The summed E-state index contributed by atoms with van der Waals surface area (Å²) in [4.78, 5) is 21.6. The molecular weight excluding hydrogens is 186 g/mol. The van der Waals surface area contributed by atoms with Crippen molar-refractivity contribution in [3.63, 3.8) is 0 Å². The van der Waals surface area contributed by atoms with Crippen LogP contribution in [0.25, 0.3) is 0 Å². The second-order valence-corrected chi connectivity index (χ2v) is 3.42. The Hall–Kier alpha value is -1.10. The highest BCUT2D eigenvalue weighted by Crippen LogP contribution is 2.38. The minimum Gasteiger partial charge on any atom is -0.480 e. The highest BCUT2D eigenvalue weighted by molar-refractivity contribution is 5.89. The number of β-lactam (4-membered cyclic amide) rings is 1. The summed E-state index contributed by atoms with van der Waals surface area (Å²) in [5.74, 6) is -1.06. The van der Waals surface area contributed by atoms with Crippen LogP contribution in [-0.2, 0) is 14.3 Å². The fourth-order valence-electron chi connectivity index (χ4n) is 1.74. The van der Waals surface area contributed by atoms with Crippen LogP contribution in [-0.4, -0.2) is 29.8 Å². The maximum atomic E-state index is 11.3. The third kappa shape index (κ3) is 1.59. The Labute approximate surface area is 82.4 Å². The number of carboxylic acids is 1. The summed E-state index contributed by atoms with van der Waals surface area (Å²) < 4.78 is 5.08. The minimum absolute atomic E-state index is 0.0436. The van der Waals surface area contributed by atoms with E-state index in [9.17, 15) is 9.59 Å². The van der Waals surface area contributed by atoms with Gasteiger partial charge in [0.25, 0.3) is 0 Å². The second-order valence-electron chi connectivity index (χ2n) is 3.42. The summed E-state index contributed by atoms with van der Waals surface area (Å²) in [6.07, 6.45) is 0.889. The molecular formula is C9H15NO4. The van der Waals surface area contributed by atoms with Gasteiger partial charge < -0.3 is 15.2 Å². The van der Waals surface area contributed by atoms with E-state index >= 15 is 0 Å². The van der Waals surface area contributed by atoms with Crippen molar-refractivity contribution in [2.75, 3.05) is 6.61 Å². The van der Waals surface area contributed by atoms with Gasteiger partial charge in [0, 0.05) is 0 Å². The van der Waals surface area contributed by atoms with Gasteiger partial charge in [-0.1, -0.05) is 13.8 Å². The van der Waals surface area contributed by atoms with Crippen LogP contribution in [0.3, 0.4) is 0 Å². The molecule has 1 fully saturated rings. The number of hydrogen-bond acceptors (Lipinski definition) is 3. The standard InChI is InChI=1S/C9H15NO4/c1-3-9(4-2)7(13)10-8(9)14-5-6(11)12/h8H,3-5H2,1-2H3,(H,10,13)(H,11,12)/t8-/m0/s1. The second kappa shape index (κ2) is 3.96. The van der Waals surface area contributed by atoms with Crippen molar-refractivity contribution in [2.45, 2.75) is 32.9 Å². The van der Waals surface area contributed by atoms with Gasteiger partial charge in [0.15, 0.2) is 0 Å². The molecule has 1 heterocycles. The van der Waals surface area contributed by atoms with Crippen LogP contribution in [0.2, 0.25) is 0 Å². The summed E-state index contributed by atoms with van der Waals surface area (Å²) in [5, 5.41) is 11.0. The van der Waals surface area contributed by atoms with Gasteiger partial charge in [0.2, 0.25) is 5.91 Å². The zero-order valence-corrected chi connectivity index (χ0v) is 8.37. The van der Waals surface area contributed by atoms with E-state index in [2.05, 4.69) is 5.32 Å². The van der Waals surface area contributed by atoms with Crippen LogP contribution in [0.15, 0.2) is 0 Å². The average molecular weight is 201 g/mol. The van der Waals surface area contributed by atoms with Crippen LogP contribution in [0, 0.1) is 5.41 Å². The van der Waals surface area contributed by atoms with Crippen LogP contribution in [0.4, 0.5) is 0 Å². The number of carbonyl (C=O) groups is 2. The number of aliphatic carboxylic acids is 1. The number of carboxylic acid groups (broad SMARTS) is 1. The largest absolute Gasteiger partial charge is 0.480 e. The van der Waals surface area contributed by atoms with E-state index < -0.39 is 17.6 Å². The molecule has 0 aliphatic carbocycles. The first-order valence-electron chi connectivity index (χ1n) is 4.71. The molecule has 0 aromatic rings. The van der Waals surface area contributed by atoms with Crippen molar-refractivity contribution in [2.24, 2.45) is 5.41 Å². The maximum absolute atomic E-state index is 11.3. The zero-order valence-electron chi connectivity index (χ0n) is 8.37. The fourth-order valence-corrected chi connectivity index (χ4v) is 1.74. The van der Waals surface area contributed by atoms with Crippen molar-refractivity contribution in [3.8, 4) is 0 Å². The van der Waals surface area contributed by atoms with Crippen LogP contribution < -0.4 is 5.32 Å². The van der Waals surface area contributed by atoms with E-state index in [1.807, 2.05) is 13.8 Å². The summed E-state index contributed by atoms with van der Waals surface area (Å²) in [6.45, 7) is 3.44. The van der Waals surface area contributed by atoms with Crippen LogP contribution in [0.1, 0.15) is 26.7 Å². The number of amides is 1. The van der Waals surface area contributed by atoms with Gasteiger partial charge in [-0.15, -0.1) is 0 Å². The van der Waals surface area contributed by atoms with Crippen LogP contribution >= 0.6 is 0 Å². The number of nitrogens with one attached hydrogen (secondary N) is 1. The molecule has 0 aromatic carbocycles. The molecule has 1 amide bonds. The lowest BCUT2D eigenvalue weighted by Crippen LogP contribution is -2.67. The predicted octanol–water partition coefficient (Wildman–Crippen LogP) is 0.350. The molecule has 2 N–H and O–H groups in total. The van der Waals surface area contributed by atoms with Crippen molar-refractivity contribution >= 4 is 11.9 Å².